The van der Waals surface area contributed by atoms with Crippen molar-refractivity contribution in [2.24, 2.45) is 5.92 Å². The number of nitrogens with zero attached hydrogens (tertiary/aromatic N) is 3. The van der Waals surface area contributed by atoms with Gasteiger partial charge in [-0.2, -0.15) is 4.98 Å². The Hall–Kier alpha value is -3.44. The first kappa shape index (κ1) is 21.4. The second-order valence-corrected chi connectivity index (χ2v) is 10.3. The quantitative estimate of drug-likeness (QED) is 0.426. The van der Waals surface area contributed by atoms with Gasteiger partial charge in [-0.05, 0) is 49.2 Å². The summed E-state index contributed by atoms with van der Waals surface area (Å²) in [5.41, 5.74) is 2.12. The van der Waals surface area contributed by atoms with E-state index in [9.17, 15) is 13.2 Å². The Morgan fingerprint density at radius 2 is 1.85 bits per heavy atom. The predicted molar refractivity (Wildman–Crippen MR) is 127 cm³/mol. The maximum absolute atomic E-state index is 12.7. The van der Waals surface area contributed by atoms with Crippen LogP contribution < -0.4 is 14.9 Å². The Balaban J connectivity index is 1.17. The molecule has 0 unspecified atom stereocenters. The van der Waals surface area contributed by atoms with Crippen LogP contribution in [0.2, 0.25) is 0 Å². The molecule has 1 fully saturated rings. The number of rotatable bonds is 6. The van der Waals surface area contributed by atoms with Crippen molar-refractivity contribution in [3.63, 3.8) is 0 Å². The number of hydrogen-bond donors (Lipinski definition) is 2. The molecule has 3 heterocycles. The van der Waals surface area contributed by atoms with E-state index in [0.29, 0.717) is 42.8 Å². The summed E-state index contributed by atoms with van der Waals surface area (Å²) in [5.74, 6) is -0.218. The summed E-state index contributed by atoms with van der Waals surface area (Å²) in [6.45, 7) is 1.34. The molecule has 2 aromatic heterocycles. The highest BCUT2D eigenvalue weighted by atomic mass is 32.2. The number of carbonyl (C=O) groups excluding carboxylic acids is 1. The predicted octanol–water partition coefficient (Wildman–Crippen LogP) is 3.94. The number of aromatic nitrogens is 2. The number of para-hydroxylation sites is 2. The molecule has 1 saturated heterocycles. The van der Waals surface area contributed by atoms with Crippen LogP contribution in [-0.2, 0) is 14.8 Å². The molecule has 0 aliphatic carbocycles. The minimum Gasteiger partial charge on any atom is -0.423 e. The monoisotopic (exact) mass is 483 g/mol. The summed E-state index contributed by atoms with van der Waals surface area (Å²) in [6, 6.07) is 14.3. The molecule has 0 spiro atoms. The highest BCUT2D eigenvalue weighted by Crippen LogP contribution is 2.27. The normalized spacial score (nSPS) is 15.0. The fraction of sp³-hybridized carbons (Fsp3) is 0.227. The van der Waals surface area contributed by atoms with Crippen LogP contribution in [0.1, 0.15) is 12.8 Å². The Bertz CT molecular complexity index is 1330. The maximum atomic E-state index is 12.7. The zero-order valence-electron chi connectivity index (χ0n) is 17.5. The van der Waals surface area contributed by atoms with Crippen LogP contribution in [0.3, 0.4) is 0 Å². The van der Waals surface area contributed by atoms with Crippen molar-refractivity contribution in [3.05, 3.63) is 60.1 Å². The fourth-order valence-electron chi connectivity index (χ4n) is 3.74. The van der Waals surface area contributed by atoms with Crippen LogP contribution in [0.4, 0.5) is 16.8 Å². The second-order valence-electron chi connectivity index (χ2n) is 7.68. The van der Waals surface area contributed by atoms with Crippen molar-refractivity contribution < 1.29 is 17.6 Å². The molecule has 1 amide bonds. The summed E-state index contributed by atoms with van der Waals surface area (Å²) < 4.78 is 33.1. The van der Waals surface area contributed by atoms with Crippen molar-refractivity contribution >= 4 is 55.2 Å². The van der Waals surface area contributed by atoms with E-state index in [4.69, 9.17) is 4.42 Å². The summed E-state index contributed by atoms with van der Waals surface area (Å²) in [6.07, 6.45) is 2.88. The average molecular weight is 484 g/mol. The van der Waals surface area contributed by atoms with E-state index in [1.807, 2.05) is 24.3 Å². The van der Waals surface area contributed by atoms with E-state index in [2.05, 4.69) is 24.9 Å². The summed E-state index contributed by atoms with van der Waals surface area (Å²) in [4.78, 5) is 23.3. The van der Waals surface area contributed by atoms with E-state index in [0.717, 1.165) is 11.1 Å². The number of carbonyl (C=O) groups is 1. The standard InChI is InChI=1S/C22H21N5O4S2/c28-20(15-9-12-27(13-10-15)22-25-18-3-1-2-4-19(18)31-22)24-16-5-7-17(8-6-16)33(29,30)26-21-23-11-14-32-21/h1-8,11,14-15H,9-10,12-13H2,(H,23,26)(H,24,28). The highest BCUT2D eigenvalue weighted by Gasteiger charge is 2.27. The van der Waals surface area contributed by atoms with Gasteiger partial charge in [0.15, 0.2) is 10.7 Å². The lowest BCUT2D eigenvalue weighted by molar-refractivity contribution is -0.120. The van der Waals surface area contributed by atoms with E-state index in [1.165, 1.54) is 29.7 Å². The van der Waals surface area contributed by atoms with E-state index in [-0.39, 0.29) is 16.7 Å². The Morgan fingerprint density at radius 1 is 1.09 bits per heavy atom. The molecule has 2 aromatic carbocycles. The number of amides is 1. The molecule has 0 radical (unpaired) electrons. The minimum atomic E-state index is -3.73. The van der Waals surface area contributed by atoms with Crippen LogP contribution in [0.25, 0.3) is 11.1 Å². The van der Waals surface area contributed by atoms with Crippen LogP contribution in [-0.4, -0.2) is 37.4 Å². The first-order valence-corrected chi connectivity index (χ1v) is 12.8. The van der Waals surface area contributed by atoms with Gasteiger partial charge in [-0.25, -0.2) is 13.4 Å². The Labute approximate surface area is 194 Å². The van der Waals surface area contributed by atoms with Gasteiger partial charge in [0.25, 0.3) is 16.0 Å². The van der Waals surface area contributed by atoms with Crippen molar-refractivity contribution in [1.29, 1.82) is 0 Å². The minimum absolute atomic E-state index is 0.0799. The smallest absolute Gasteiger partial charge is 0.298 e. The zero-order valence-corrected chi connectivity index (χ0v) is 19.1. The molecule has 170 valence electrons. The van der Waals surface area contributed by atoms with Gasteiger partial charge in [0.2, 0.25) is 5.91 Å². The lowest BCUT2D eigenvalue weighted by atomic mass is 9.96. The lowest BCUT2D eigenvalue weighted by Crippen LogP contribution is -2.38. The van der Waals surface area contributed by atoms with Crippen LogP contribution in [0.5, 0.6) is 0 Å². The first-order chi connectivity index (χ1) is 16.0. The summed E-state index contributed by atoms with van der Waals surface area (Å²) in [7, 11) is -3.73. The van der Waals surface area contributed by atoms with Crippen molar-refractivity contribution in [2.45, 2.75) is 17.7 Å². The summed E-state index contributed by atoms with van der Waals surface area (Å²) in [5, 5.41) is 4.88. The van der Waals surface area contributed by atoms with Crippen LogP contribution in [0.15, 0.2) is 69.4 Å². The Kier molecular flexibility index (Phi) is 5.73. The SMILES string of the molecule is O=C(Nc1ccc(S(=O)(=O)Nc2nccs2)cc1)C1CCN(c2nc3ccccc3o2)CC1. The molecule has 9 nitrogen and oxygen atoms in total. The molecular weight excluding hydrogens is 462 g/mol. The van der Waals surface area contributed by atoms with Gasteiger partial charge in [0.1, 0.15) is 5.52 Å². The maximum Gasteiger partial charge on any atom is 0.298 e. The van der Waals surface area contributed by atoms with Gasteiger partial charge in [-0.3, -0.25) is 9.52 Å². The number of anilines is 3. The molecule has 1 aliphatic heterocycles. The molecule has 1 aliphatic rings. The third-order valence-electron chi connectivity index (χ3n) is 5.51. The molecule has 4 aromatic rings. The lowest BCUT2D eigenvalue weighted by Gasteiger charge is -2.30. The third kappa shape index (κ3) is 4.69. The number of benzene rings is 2. The molecule has 11 heteroatoms. The number of hydrogen-bond acceptors (Lipinski definition) is 8. The second kappa shape index (κ2) is 8.83. The molecule has 2 N–H and O–H groups in total. The zero-order chi connectivity index (χ0) is 22.8. The molecule has 33 heavy (non-hydrogen) atoms. The number of piperidine rings is 1. The van der Waals surface area contributed by atoms with Gasteiger partial charge >= 0.3 is 0 Å². The van der Waals surface area contributed by atoms with Crippen molar-refractivity contribution in [1.82, 2.24) is 9.97 Å². The average Bonchev–Trinajstić information content (AvgIpc) is 3.49. The van der Waals surface area contributed by atoms with Crippen molar-refractivity contribution in [2.75, 3.05) is 28.0 Å². The number of sulfonamides is 1. The number of nitrogens with one attached hydrogen (secondary N) is 2. The van der Waals surface area contributed by atoms with E-state index < -0.39 is 10.0 Å². The van der Waals surface area contributed by atoms with Gasteiger partial charge in [-0.15, -0.1) is 11.3 Å². The van der Waals surface area contributed by atoms with Gasteiger partial charge in [0.05, 0.1) is 4.90 Å². The van der Waals surface area contributed by atoms with Crippen LogP contribution in [0, 0.1) is 5.92 Å². The summed E-state index contributed by atoms with van der Waals surface area (Å²) >= 11 is 1.20. The molecule has 5 rings (SSSR count). The molecule has 0 bridgehead atoms. The number of fused-ring (bicyclic) bond motifs is 1. The van der Waals surface area contributed by atoms with Gasteiger partial charge < -0.3 is 14.6 Å². The van der Waals surface area contributed by atoms with E-state index >= 15 is 0 Å². The Morgan fingerprint density at radius 3 is 2.55 bits per heavy atom. The molecular formula is C22H21N5O4S2. The fourth-order valence-corrected chi connectivity index (χ4v) is 5.53. The number of thiazole rings is 1. The topological polar surface area (TPSA) is 117 Å². The third-order valence-corrected chi connectivity index (χ3v) is 7.68. The highest BCUT2D eigenvalue weighted by molar-refractivity contribution is 7.93. The van der Waals surface area contributed by atoms with Crippen molar-refractivity contribution in [3.8, 4) is 0 Å². The molecule has 0 saturated carbocycles. The first-order valence-electron chi connectivity index (χ1n) is 10.4. The molecule has 0 atom stereocenters. The largest absolute Gasteiger partial charge is 0.423 e. The van der Waals surface area contributed by atoms with Gasteiger partial charge in [0, 0.05) is 36.3 Å². The number of oxazole rings is 1. The van der Waals surface area contributed by atoms with E-state index in [1.54, 1.807) is 17.5 Å². The van der Waals surface area contributed by atoms with Crippen LogP contribution >= 0.6 is 11.3 Å². The van der Waals surface area contributed by atoms with Gasteiger partial charge in [-0.1, -0.05) is 12.1 Å².